The molecule has 0 amide bonds. The molecule has 0 aliphatic heterocycles. The van der Waals surface area contributed by atoms with Crippen molar-refractivity contribution >= 4 is 12.0 Å². The minimum absolute atomic E-state index is 0.231. The smallest absolute Gasteiger partial charge is 0.331 e. The summed E-state index contributed by atoms with van der Waals surface area (Å²) < 4.78 is 21.2. The quantitative estimate of drug-likeness (QED) is 0.552. The van der Waals surface area contributed by atoms with Gasteiger partial charge in [-0.15, -0.1) is 0 Å². The number of aryl methyl sites for hydroxylation is 2. The van der Waals surface area contributed by atoms with Crippen LogP contribution in [0.5, 0.6) is 17.2 Å². The first-order chi connectivity index (χ1) is 12.5. The van der Waals surface area contributed by atoms with Crippen molar-refractivity contribution in [1.29, 1.82) is 0 Å². The van der Waals surface area contributed by atoms with Gasteiger partial charge in [0.2, 0.25) is 0 Å². The molecule has 0 aliphatic rings. The van der Waals surface area contributed by atoms with Crippen LogP contribution in [0.2, 0.25) is 0 Å². The minimum atomic E-state index is -0.430. The molecule has 5 nitrogen and oxygen atoms in total. The molecule has 0 N–H and O–H groups in total. The average molecular weight is 356 g/mol. The summed E-state index contributed by atoms with van der Waals surface area (Å²) in [5.74, 6) is 1.25. The predicted molar refractivity (Wildman–Crippen MR) is 101 cm³/mol. The Morgan fingerprint density at radius 2 is 1.42 bits per heavy atom. The second kappa shape index (κ2) is 8.94. The summed E-state index contributed by atoms with van der Waals surface area (Å²) in [6.07, 6.45) is 3.00. The molecule has 0 saturated heterocycles. The molecule has 0 unspecified atom stereocenters. The largest absolute Gasteiger partial charge is 0.496 e. The molecular weight excluding hydrogens is 332 g/mol. The summed E-state index contributed by atoms with van der Waals surface area (Å²) in [5.41, 5.74) is 3.93. The first-order valence-electron chi connectivity index (χ1n) is 8.19. The van der Waals surface area contributed by atoms with E-state index in [9.17, 15) is 4.79 Å². The van der Waals surface area contributed by atoms with Crippen molar-refractivity contribution in [3.8, 4) is 17.2 Å². The minimum Gasteiger partial charge on any atom is -0.496 e. The Bertz CT molecular complexity index is 788. The van der Waals surface area contributed by atoms with Gasteiger partial charge >= 0.3 is 5.97 Å². The van der Waals surface area contributed by atoms with Gasteiger partial charge in [0.15, 0.2) is 11.5 Å². The molecule has 0 saturated carbocycles. The first-order valence-corrected chi connectivity index (χ1v) is 8.19. The Morgan fingerprint density at radius 1 is 0.846 bits per heavy atom. The van der Waals surface area contributed by atoms with Crippen LogP contribution in [0.4, 0.5) is 0 Å². The molecule has 138 valence electrons. The Labute approximate surface area is 154 Å². The zero-order valence-electron chi connectivity index (χ0n) is 15.8. The van der Waals surface area contributed by atoms with Crippen LogP contribution in [0.15, 0.2) is 36.4 Å². The number of hydrogen-bond acceptors (Lipinski definition) is 5. The van der Waals surface area contributed by atoms with E-state index >= 15 is 0 Å². The first kappa shape index (κ1) is 19.4. The highest BCUT2D eigenvalue weighted by Crippen LogP contribution is 2.35. The summed E-state index contributed by atoms with van der Waals surface area (Å²) in [6.45, 7) is 4.26. The normalized spacial score (nSPS) is 10.7. The fraction of sp³-hybridized carbons (Fsp3) is 0.286. The highest BCUT2D eigenvalue weighted by atomic mass is 16.5. The fourth-order valence-corrected chi connectivity index (χ4v) is 2.70. The Kier molecular flexibility index (Phi) is 6.67. The number of carbonyl (C=O) groups excluding carboxylic acids is 1. The molecule has 0 aliphatic carbocycles. The number of rotatable bonds is 7. The van der Waals surface area contributed by atoms with Gasteiger partial charge in [0.25, 0.3) is 0 Å². The maximum Gasteiger partial charge on any atom is 0.331 e. The molecule has 0 fully saturated rings. The topological polar surface area (TPSA) is 54.0 Å². The number of benzene rings is 2. The van der Waals surface area contributed by atoms with Crippen LogP contribution in [0.1, 0.15) is 22.3 Å². The molecule has 2 rings (SSSR count). The number of hydrogen-bond donors (Lipinski definition) is 0. The maximum atomic E-state index is 12.0. The summed E-state index contributed by atoms with van der Waals surface area (Å²) in [6, 6.07) is 9.53. The van der Waals surface area contributed by atoms with Crippen molar-refractivity contribution in [3.05, 3.63) is 58.7 Å². The van der Waals surface area contributed by atoms with E-state index in [1.165, 1.54) is 6.08 Å². The molecule has 26 heavy (non-hydrogen) atoms. The zero-order chi connectivity index (χ0) is 19.1. The van der Waals surface area contributed by atoms with Crippen LogP contribution in [-0.4, -0.2) is 27.3 Å². The third-order valence-electron chi connectivity index (χ3n) is 3.80. The lowest BCUT2D eigenvalue weighted by Gasteiger charge is -2.12. The van der Waals surface area contributed by atoms with Crippen LogP contribution in [0, 0.1) is 13.8 Å². The summed E-state index contributed by atoms with van der Waals surface area (Å²) in [5, 5.41) is 0. The van der Waals surface area contributed by atoms with E-state index in [-0.39, 0.29) is 6.61 Å². The fourth-order valence-electron chi connectivity index (χ4n) is 2.70. The van der Waals surface area contributed by atoms with Gasteiger partial charge in [0.1, 0.15) is 12.4 Å². The molecule has 0 bridgehead atoms. The third-order valence-corrected chi connectivity index (χ3v) is 3.80. The lowest BCUT2D eigenvalue weighted by atomic mass is 10.1. The van der Waals surface area contributed by atoms with E-state index in [0.717, 1.165) is 16.7 Å². The van der Waals surface area contributed by atoms with E-state index in [2.05, 4.69) is 6.07 Å². The van der Waals surface area contributed by atoms with Gasteiger partial charge in [-0.25, -0.2) is 4.79 Å². The molecular formula is C21H24O5. The van der Waals surface area contributed by atoms with Gasteiger partial charge in [-0.05, 0) is 31.6 Å². The van der Waals surface area contributed by atoms with Crippen LogP contribution < -0.4 is 14.2 Å². The predicted octanol–water partition coefficient (Wildman–Crippen LogP) is 4.09. The molecule has 0 spiro atoms. The van der Waals surface area contributed by atoms with Crippen molar-refractivity contribution in [3.63, 3.8) is 0 Å². The number of methoxy groups -OCH3 is 3. The van der Waals surface area contributed by atoms with Gasteiger partial charge in [-0.1, -0.05) is 29.3 Å². The highest BCUT2D eigenvalue weighted by molar-refractivity contribution is 5.87. The molecule has 2 aromatic carbocycles. The van der Waals surface area contributed by atoms with E-state index in [1.807, 2.05) is 26.0 Å². The van der Waals surface area contributed by atoms with Gasteiger partial charge in [0, 0.05) is 17.7 Å². The third kappa shape index (κ3) is 5.02. The average Bonchev–Trinajstić information content (AvgIpc) is 2.63. The molecule has 2 aromatic rings. The van der Waals surface area contributed by atoms with Crippen LogP contribution >= 0.6 is 0 Å². The van der Waals surface area contributed by atoms with Crippen molar-refractivity contribution < 1.29 is 23.7 Å². The van der Waals surface area contributed by atoms with E-state index in [1.54, 1.807) is 39.5 Å². The van der Waals surface area contributed by atoms with Gasteiger partial charge < -0.3 is 18.9 Å². The maximum absolute atomic E-state index is 12.0. The van der Waals surface area contributed by atoms with Crippen LogP contribution in [-0.2, 0) is 16.1 Å². The second-order valence-electron chi connectivity index (χ2n) is 5.89. The Hall–Kier alpha value is -2.95. The van der Waals surface area contributed by atoms with Crippen LogP contribution in [0.25, 0.3) is 6.08 Å². The highest BCUT2D eigenvalue weighted by Gasteiger charge is 2.10. The van der Waals surface area contributed by atoms with E-state index in [4.69, 9.17) is 18.9 Å². The standard InChI is InChI=1S/C21H24O5/c1-14-8-15(2)10-16(9-14)13-26-21(22)7-6-17-11-19(24-4)20(25-5)12-18(17)23-3/h6-12H,13H2,1-5H3/b7-6+. The summed E-state index contributed by atoms with van der Waals surface area (Å²) in [4.78, 5) is 12.0. The number of esters is 1. The van der Waals surface area contributed by atoms with Crippen molar-refractivity contribution in [1.82, 2.24) is 0 Å². The van der Waals surface area contributed by atoms with Gasteiger partial charge in [0.05, 0.1) is 21.3 Å². The van der Waals surface area contributed by atoms with Gasteiger partial charge in [-0.2, -0.15) is 0 Å². The number of ether oxygens (including phenoxy) is 4. The van der Waals surface area contributed by atoms with E-state index in [0.29, 0.717) is 22.8 Å². The lowest BCUT2D eigenvalue weighted by molar-refractivity contribution is -0.138. The molecule has 0 atom stereocenters. The number of carbonyl (C=O) groups is 1. The van der Waals surface area contributed by atoms with Crippen molar-refractivity contribution in [2.75, 3.05) is 21.3 Å². The van der Waals surface area contributed by atoms with Crippen LogP contribution in [0.3, 0.4) is 0 Å². The second-order valence-corrected chi connectivity index (χ2v) is 5.89. The zero-order valence-corrected chi connectivity index (χ0v) is 15.8. The molecule has 5 heteroatoms. The SMILES string of the molecule is COc1cc(OC)c(OC)cc1/C=C/C(=O)OCc1cc(C)cc(C)c1. The Morgan fingerprint density at radius 3 is 2.00 bits per heavy atom. The monoisotopic (exact) mass is 356 g/mol. The van der Waals surface area contributed by atoms with Gasteiger partial charge in [-0.3, -0.25) is 0 Å². The molecule has 0 aromatic heterocycles. The van der Waals surface area contributed by atoms with Crippen molar-refractivity contribution in [2.24, 2.45) is 0 Å². The Balaban J connectivity index is 2.09. The summed E-state index contributed by atoms with van der Waals surface area (Å²) >= 11 is 0. The molecule has 0 radical (unpaired) electrons. The molecule has 0 heterocycles. The van der Waals surface area contributed by atoms with Crippen molar-refractivity contribution in [2.45, 2.75) is 20.5 Å². The summed E-state index contributed by atoms with van der Waals surface area (Å²) in [7, 11) is 4.66. The lowest BCUT2D eigenvalue weighted by Crippen LogP contribution is -2.01. The van der Waals surface area contributed by atoms with E-state index < -0.39 is 5.97 Å².